The number of ether oxygens (including phenoxy) is 1. The molecule has 8 nitrogen and oxygen atoms in total. The van der Waals surface area contributed by atoms with E-state index in [4.69, 9.17) is 20.9 Å². The zero-order chi connectivity index (χ0) is 18.6. The van der Waals surface area contributed by atoms with Gasteiger partial charge in [-0.15, -0.1) is 0 Å². The summed E-state index contributed by atoms with van der Waals surface area (Å²) in [5.41, 5.74) is 0.832. The van der Waals surface area contributed by atoms with Gasteiger partial charge in [0.05, 0.1) is 19.8 Å². The third-order valence-electron chi connectivity index (χ3n) is 4.83. The molecule has 0 spiro atoms. The number of rotatable bonds is 3. The van der Waals surface area contributed by atoms with E-state index in [0.717, 1.165) is 18.7 Å². The number of hydrogen-bond acceptors (Lipinski definition) is 6. The molecule has 0 atom stereocenters. The summed E-state index contributed by atoms with van der Waals surface area (Å²) in [5, 5.41) is 4.68. The van der Waals surface area contributed by atoms with E-state index in [1.807, 2.05) is 34.1 Å². The van der Waals surface area contributed by atoms with Gasteiger partial charge < -0.3 is 19.1 Å². The van der Waals surface area contributed by atoms with Gasteiger partial charge in [0, 0.05) is 49.9 Å². The van der Waals surface area contributed by atoms with Crippen LogP contribution in [-0.4, -0.2) is 83.4 Å². The number of morpholine rings is 1. The van der Waals surface area contributed by atoms with Crippen molar-refractivity contribution < 1.29 is 14.1 Å². The Kier molecular flexibility index (Phi) is 5.56. The van der Waals surface area contributed by atoms with Gasteiger partial charge >= 0.3 is 6.03 Å². The van der Waals surface area contributed by atoms with Gasteiger partial charge in [0.25, 0.3) is 0 Å². The molecule has 2 aliphatic heterocycles. The van der Waals surface area contributed by atoms with Crippen LogP contribution in [0.3, 0.4) is 0 Å². The number of hydrogen-bond donors (Lipinski definition) is 0. The van der Waals surface area contributed by atoms with Crippen molar-refractivity contribution in [2.24, 2.45) is 0 Å². The zero-order valence-corrected chi connectivity index (χ0v) is 15.8. The highest BCUT2D eigenvalue weighted by molar-refractivity contribution is 6.30. The van der Waals surface area contributed by atoms with Gasteiger partial charge in [-0.25, -0.2) is 4.79 Å². The van der Waals surface area contributed by atoms with Crippen molar-refractivity contribution in [3.8, 4) is 11.4 Å². The Bertz CT molecular complexity index is 785. The van der Waals surface area contributed by atoms with Crippen molar-refractivity contribution in [2.75, 3.05) is 52.5 Å². The average molecular weight is 392 g/mol. The highest BCUT2D eigenvalue weighted by Crippen LogP contribution is 2.20. The molecule has 144 valence electrons. The summed E-state index contributed by atoms with van der Waals surface area (Å²) in [5.74, 6) is 1.10. The molecular weight excluding hydrogens is 370 g/mol. The van der Waals surface area contributed by atoms with E-state index >= 15 is 0 Å². The normalized spacial score (nSPS) is 18.7. The maximum absolute atomic E-state index is 12.5. The molecule has 2 aromatic rings. The van der Waals surface area contributed by atoms with Crippen LogP contribution < -0.4 is 0 Å². The molecule has 1 aromatic heterocycles. The predicted molar refractivity (Wildman–Crippen MR) is 99.4 cm³/mol. The van der Waals surface area contributed by atoms with Crippen LogP contribution in [0.2, 0.25) is 5.02 Å². The number of carbonyl (C=O) groups is 1. The summed E-state index contributed by atoms with van der Waals surface area (Å²) >= 11 is 6.02. The summed E-state index contributed by atoms with van der Waals surface area (Å²) in [7, 11) is 0. The van der Waals surface area contributed by atoms with Crippen LogP contribution in [0, 0.1) is 0 Å². The second-order valence-electron chi connectivity index (χ2n) is 6.67. The lowest BCUT2D eigenvalue weighted by Crippen LogP contribution is -2.54. The Balaban J connectivity index is 1.30. The highest BCUT2D eigenvalue weighted by Gasteiger charge is 2.27. The lowest BCUT2D eigenvalue weighted by molar-refractivity contribution is 0.0367. The van der Waals surface area contributed by atoms with Gasteiger partial charge in [-0.05, 0) is 12.1 Å². The Morgan fingerprint density at radius 3 is 2.56 bits per heavy atom. The number of amides is 2. The number of benzene rings is 1. The summed E-state index contributed by atoms with van der Waals surface area (Å²) < 4.78 is 10.7. The molecule has 0 aliphatic carbocycles. The van der Waals surface area contributed by atoms with Crippen LogP contribution in [0.5, 0.6) is 0 Å². The molecule has 1 aromatic carbocycles. The van der Waals surface area contributed by atoms with Crippen LogP contribution in [-0.2, 0) is 11.3 Å². The Morgan fingerprint density at radius 2 is 1.81 bits per heavy atom. The largest absolute Gasteiger partial charge is 0.378 e. The van der Waals surface area contributed by atoms with Crippen LogP contribution in [0.25, 0.3) is 11.4 Å². The molecule has 9 heteroatoms. The van der Waals surface area contributed by atoms with Crippen molar-refractivity contribution in [3.05, 3.63) is 35.2 Å². The third-order valence-corrected chi connectivity index (χ3v) is 5.07. The third kappa shape index (κ3) is 4.40. The smallest absolute Gasteiger partial charge is 0.320 e. The second kappa shape index (κ2) is 8.24. The first kappa shape index (κ1) is 18.2. The summed E-state index contributed by atoms with van der Waals surface area (Å²) in [4.78, 5) is 23.0. The molecule has 0 bridgehead atoms. The van der Waals surface area contributed by atoms with Gasteiger partial charge in [0.15, 0.2) is 0 Å². The number of urea groups is 1. The Hall–Kier alpha value is -2.16. The van der Waals surface area contributed by atoms with E-state index in [0.29, 0.717) is 62.7 Å². The Labute approximate surface area is 162 Å². The van der Waals surface area contributed by atoms with Gasteiger partial charge in [-0.3, -0.25) is 4.90 Å². The van der Waals surface area contributed by atoms with Gasteiger partial charge in [-0.1, -0.05) is 28.9 Å². The first-order valence-corrected chi connectivity index (χ1v) is 9.49. The molecule has 0 N–H and O–H groups in total. The summed E-state index contributed by atoms with van der Waals surface area (Å²) in [6.07, 6.45) is 0. The molecule has 2 saturated heterocycles. The van der Waals surface area contributed by atoms with Gasteiger partial charge in [0.2, 0.25) is 11.7 Å². The van der Waals surface area contributed by atoms with E-state index in [1.54, 1.807) is 0 Å². The number of piperazine rings is 1. The SMILES string of the molecule is O=C(N1CCOCC1)N1CCN(Cc2nc(-c3cccc(Cl)c3)no2)CC1. The molecule has 0 radical (unpaired) electrons. The molecule has 3 heterocycles. The minimum Gasteiger partial charge on any atom is -0.378 e. The highest BCUT2D eigenvalue weighted by atomic mass is 35.5. The van der Waals surface area contributed by atoms with Gasteiger partial charge in [0.1, 0.15) is 0 Å². The minimum absolute atomic E-state index is 0.110. The summed E-state index contributed by atoms with van der Waals surface area (Å²) in [6.45, 7) is 6.14. The second-order valence-corrected chi connectivity index (χ2v) is 7.10. The molecule has 2 fully saturated rings. The first-order valence-electron chi connectivity index (χ1n) is 9.11. The quantitative estimate of drug-likeness (QED) is 0.796. The number of carbonyl (C=O) groups excluding carboxylic acids is 1. The average Bonchev–Trinajstić information content (AvgIpc) is 3.17. The predicted octanol–water partition coefficient (Wildman–Crippen LogP) is 1.96. The topological polar surface area (TPSA) is 74.9 Å². The fourth-order valence-corrected chi connectivity index (χ4v) is 3.50. The maximum atomic E-state index is 12.5. The Morgan fingerprint density at radius 1 is 1.07 bits per heavy atom. The molecule has 0 saturated carbocycles. The maximum Gasteiger partial charge on any atom is 0.320 e. The van der Waals surface area contributed by atoms with Crippen molar-refractivity contribution >= 4 is 17.6 Å². The molecule has 2 aliphatic rings. The fraction of sp³-hybridized carbons (Fsp3) is 0.500. The monoisotopic (exact) mass is 391 g/mol. The fourth-order valence-electron chi connectivity index (χ4n) is 3.31. The lowest BCUT2D eigenvalue weighted by Gasteiger charge is -2.38. The molecule has 4 rings (SSSR count). The van der Waals surface area contributed by atoms with E-state index in [-0.39, 0.29) is 6.03 Å². The lowest BCUT2D eigenvalue weighted by atomic mass is 10.2. The summed E-state index contributed by atoms with van der Waals surface area (Å²) in [6, 6.07) is 7.49. The molecule has 2 amide bonds. The van der Waals surface area contributed by atoms with Crippen LogP contribution in [0.1, 0.15) is 5.89 Å². The molecule has 0 unspecified atom stereocenters. The van der Waals surface area contributed by atoms with Gasteiger partial charge in [-0.2, -0.15) is 4.98 Å². The van der Waals surface area contributed by atoms with Crippen molar-refractivity contribution in [2.45, 2.75) is 6.54 Å². The number of nitrogens with zero attached hydrogens (tertiary/aromatic N) is 5. The van der Waals surface area contributed by atoms with E-state index in [1.165, 1.54) is 0 Å². The van der Waals surface area contributed by atoms with Crippen LogP contribution in [0.15, 0.2) is 28.8 Å². The van der Waals surface area contributed by atoms with E-state index < -0.39 is 0 Å². The standard InChI is InChI=1S/C18H22ClN5O3/c19-15-3-1-2-14(12-15)17-20-16(27-21-17)13-22-4-6-23(7-5-22)18(25)24-8-10-26-11-9-24/h1-3,12H,4-11,13H2. The van der Waals surface area contributed by atoms with Crippen molar-refractivity contribution in [1.29, 1.82) is 0 Å². The first-order chi connectivity index (χ1) is 13.2. The van der Waals surface area contributed by atoms with E-state index in [2.05, 4.69) is 15.0 Å². The molecular formula is C18H22ClN5O3. The van der Waals surface area contributed by atoms with Crippen LogP contribution in [0.4, 0.5) is 4.79 Å². The molecule has 27 heavy (non-hydrogen) atoms. The number of halogens is 1. The minimum atomic E-state index is 0.110. The zero-order valence-electron chi connectivity index (χ0n) is 15.0. The van der Waals surface area contributed by atoms with Crippen molar-refractivity contribution in [3.63, 3.8) is 0 Å². The van der Waals surface area contributed by atoms with Crippen molar-refractivity contribution in [1.82, 2.24) is 24.8 Å². The van der Waals surface area contributed by atoms with Crippen LogP contribution >= 0.6 is 11.6 Å². The number of aromatic nitrogens is 2. The van der Waals surface area contributed by atoms with E-state index in [9.17, 15) is 4.79 Å².